The lowest BCUT2D eigenvalue weighted by Crippen LogP contribution is -2.24. The molecule has 0 bridgehead atoms. The molecule has 0 saturated carbocycles. The Balaban J connectivity index is -0.0000000291. The second kappa shape index (κ2) is 180. The SMILES string of the molecule is C.C.C.C.C.C.C.C.C.C.C.C.C.C.C.C.C.CC.CC.CC.CC.CC.CC.CC.CC.CC.CC.CC.CC.CC.CC.CC.CC.CC.CC.CC.CC.CC.CC.CC.CC.CC.CC.CC.c1cc2c(cc#1)-n1c3ccccc3c3cccc(c31)C2.c1cc2c(cc#1)N1c3ccccc3Cc3cccc(c31)C2.c1cc2c3c(c#1)Cc1ccccc1N3c1ccccc1C2. The van der Waals surface area contributed by atoms with E-state index in [1.165, 1.54) is 117 Å². The summed E-state index contributed by atoms with van der Waals surface area (Å²) in [6, 6.07) is 77.3. The number of aromatic nitrogens is 1. The third-order valence-electron chi connectivity index (χ3n) is 13.3. The quantitative estimate of drug-likeness (QED) is 0.150. The predicted octanol–water partition coefficient (Wildman–Crippen LogP) is 51.9. The van der Waals surface area contributed by atoms with Gasteiger partial charge in [-0.2, -0.15) is 0 Å². The number of hydrogen-bond donors (Lipinski definition) is 0. The van der Waals surface area contributed by atoms with Gasteiger partial charge in [0.25, 0.3) is 0 Å². The minimum Gasteiger partial charge on any atom is -0.309 e. The van der Waals surface area contributed by atoms with E-state index in [-0.39, 0.29) is 126 Å². The van der Waals surface area contributed by atoms with Crippen LogP contribution >= 0.6 is 0 Å². The molecule has 9 aromatic carbocycles. The van der Waals surface area contributed by atoms with Gasteiger partial charge in [0.05, 0.1) is 33.8 Å². The Hall–Kier alpha value is -8.16. The van der Waals surface area contributed by atoms with Crippen LogP contribution in [0.4, 0.5) is 34.1 Å². The van der Waals surface area contributed by atoms with Crippen molar-refractivity contribution in [3.8, 4) is 5.69 Å². The monoisotopic (exact) mass is 1870 g/mol. The summed E-state index contributed by atoms with van der Waals surface area (Å²) in [6.07, 6.45) is 4.93. The molecule has 15 rings (SSSR count). The molecule has 0 fully saturated rings. The van der Waals surface area contributed by atoms with Crippen molar-refractivity contribution in [2.75, 3.05) is 9.80 Å². The predicted molar refractivity (Wildman–Crippen MR) is 671 cm³/mol. The highest BCUT2D eigenvalue weighted by Crippen LogP contribution is 2.51. The molecule has 5 aliphatic heterocycles. The molecule has 0 aliphatic carbocycles. The standard InChI is InChI=1S/2C20H13N.C19H11N.27C2H6.17CH4/c2*1-3-10-18-14(6-1)12-16-8-5-9-17-13-15-7-2-4-11-19(15)21(18)20(16)17;1-3-10-17-13(6-1)12-14-7-5-9-16-15-8-2-4-11-18(15)20(17)19(14)16;27*1-2;;;;;;;;;;;;;;;;;/h1,3,5-11H,12-13H2;1-4,6-8,10-11H,12-13H2;2,4-11H,12H2;27*1-2H3;17*1H4. The maximum atomic E-state index is 3.33. The van der Waals surface area contributed by atoms with Crippen molar-refractivity contribution in [1.82, 2.24) is 4.57 Å². The van der Waals surface area contributed by atoms with E-state index >= 15 is 0 Å². The lowest BCUT2D eigenvalue weighted by molar-refractivity contribution is 1.01. The molecule has 3 nitrogen and oxygen atoms in total. The summed E-state index contributed by atoms with van der Waals surface area (Å²) in [5, 5.41) is 2.67. The summed E-state index contributed by atoms with van der Waals surface area (Å²) in [5.74, 6) is 0. The third kappa shape index (κ3) is 72.0. The van der Waals surface area contributed by atoms with E-state index in [1.54, 1.807) is 0 Å². The highest BCUT2D eigenvalue weighted by atomic mass is 15.2. The number of nitrogens with zero attached hydrogens (tertiary/aromatic N) is 3. The van der Waals surface area contributed by atoms with Crippen molar-refractivity contribution in [2.45, 2.75) is 532 Å². The number of fused-ring (bicyclic) bond motifs is 13. The van der Waals surface area contributed by atoms with Crippen LogP contribution in [0.1, 0.15) is 556 Å². The van der Waals surface area contributed by atoms with Crippen LogP contribution in [0.5, 0.6) is 0 Å². The van der Waals surface area contributed by atoms with Crippen LogP contribution in [-0.2, 0) is 32.1 Å². The van der Waals surface area contributed by atoms with Crippen molar-refractivity contribution in [1.29, 1.82) is 0 Å². The maximum Gasteiger partial charge on any atom is 0.0622 e. The molecule has 3 heteroatoms. The van der Waals surface area contributed by atoms with E-state index in [0.717, 1.165) is 32.1 Å². The zero-order valence-electron chi connectivity index (χ0n) is 88.0. The van der Waals surface area contributed by atoms with Gasteiger partial charge in [0.1, 0.15) is 0 Å². The topological polar surface area (TPSA) is 11.4 Å². The van der Waals surface area contributed by atoms with Crippen LogP contribution in [0.25, 0.3) is 27.5 Å². The van der Waals surface area contributed by atoms with Gasteiger partial charge in [-0.3, -0.25) is 0 Å². The smallest absolute Gasteiger partial charge is 0.0622 e. The number of anilines is 6. The molecule has 5 aliphatic rings. The Morgan fingerprint density at radius 3 is 0.744 bits per heavy atom. The Morgan fingerprint density at radius 1 is 0.173 bits per heavy atom. The molecule has 10 aromatic rings. The highest BCUT2D eigenvalue weighted by molar-refractivity contribution is 6.11. The second-order valence-corrected chi connectivity index (χ2v) is 16.8. The average molecular weight is 1870 g/mol. The van der Waals surface area contributed by atoms with E-state index in [9.17, 15) is 0 Å². The van der Waals surface area contributed by atoms with Gasteiger partial charge in [0.15, 0.2) is 0 Å². The minimum absolute atomic E-state index is 0. The molecule has 0 saturated heterocycles. The van der Waals surface area contributed by atoms with Gasteiger partial charge >= 0.3 is 0 Å². The van der Waals surface area contributed by atoms with E-state index in [1.807, 2.05) is 374 Å². The van der Waals surface area contributed by atoms with Crippen molar-refractivity contribution in [3.63, 3.8) is 0 Å². The molecular formula is C130H267N3. The first-order chi connectivity index (χ1) is 57.8. The van der Waals surface area contributed by atoms with Gasteiger partial charge < -0.3 is 14.4 Å². The summed E-state index contributed by atoms with van der Waals surface area (Å²) in [7, 11) is 0. The summed E-state index contributed by atoms with van der Waals surface area (Å²) >= 11 is 0. The zero-order valence-corrected chi connectivity index (χ0v) is 88.0. The third-order valence-corrected chi connectivity index (χ3v) is 13.3. The van der Waals surface area contributed by atoms with Crippen LogP contribution in [-0.4, -0.2) is 4.57 Å². The summed E-state index contributed by atoms with van der Waals surface area (Å²) < 4.78 is 2.38. The van der Waals surface area contributed by atoms with Gasteiger partial charge in [0, 0.05) is 77.6 Å². The molecular weight excluding hydrogens is 1600 g/mol. The molecule has 0 unspecified atom stereocenters. The minimum atomic E-state index is 0. The van der Waals surface area contributed by atoms with Crippen LogP contribution < -0.4 is 9.80 Å². The Bertz CT molecular complexity index is 3150. The molecule has 0 radical (unpaired) electrons. The first-order valence-corrected chi connectivity index (χ1v) is 48.5. The average Bonchev–Trinajstić information content (AvgIpc) is 1.71. The number of rotatable bonds is 0. The van der Waals surface area contributed by atoms with Crippen LogP contribution in [0, 0.1) is 36.4 Å². The lowest BCUT2D eigenvalue weighted by Gasteiger charge is -2.38. The van der Waals surface area contributed by atoms with Gasteiger partial charge in [0.2, 0.25) is 0 Å². The first kappa shape index (κ1) is 222. The molecule has 1 aromatic heterocycles. The summed E-state index contributed by atoms with van der Waals surface area (Å²) in [5.41, 5.74) is 25.4. The van der Waals surface area contributed by atoms with E-state index in [4.69, 9.17) is 0 Å². The van der Waals surface area contributed by atoms with Crippen molar-refractivity contribution in [3.05, 3.63) is 256 Å². The summed E-state index contributed by atoms with van der Waals surface area (Å²) in [6.45, 7) is 108. The zero-order chi connectivity index (χ0) is 94.7. The van der Waals surface area contributed by atoms with Crippen molar-refractivity contribution in [2.24, 2.45) is 0 Å². The first-order valence-electron chi connectivity index (χ1n) is 48.5. The molecule has 0 atom stereocenters. The van der Waals surface area contributed by atoms with Crippen LogP contribution in [0.15, 0.2) is 164 Å². The van der Waals surface area contributed by atoms with Gasteiger partial charge in [-0.15, -0.1) is 0 Å². The van der Waals surface area contributed by atoms with E-state index in [2.05, 4.69) is 215 Å². The van der Waals surface area contributed by atoms with Gasteiger partial charge in [-0.25, -0.2) is 0 Å². The Morgan fingerprint density at radius 2 is 0.398 bits per heavy atom. The maximum absolute atomic E-state index is 3.33. The molecule has 133 heavy (non-hydrogen) atoms. The van der Waals surface area contributed by atoms with Crippen molar-refractivity contribution < 1.29 is 0 Å². The number of hydrogen-bond acceptors (Lipinski definition) is 2. The molecule has 0 N–H and O–H groups in total. The highest BCUT2D eigenvalue weighted by Gasteiger charge is 2.32. The Kier molecular flexibility index (Phi) is 301. The molecule has 6 heterocycles. The normalized spacial score (nSPS) is 7.44. The van der Waals surface area contributed by atoms with Crippen LogP contribution in [0.3, 0.4) is 0 Å². The Labute approximate surface area is 858 Å². The van der Waals surface area contributed by atoms with E-state index in [0.29, 0.717) is 0 Å². The van der Waals surface area contributed by atoms with Crippen molar-refractivity contribution >= 4 is 55.9 Å². The lowest BCUT2D eigenvalue weighted by atomic mass is 9.87. The number of para-hydroxylation sites is 6. The van der Waals surface area contributed by atoms with E-state index < -0.39 is 0 Å². The number of benzene rings is 6. The van der Waals surface area contributed by atoms with Gasteiger partial charge in [-0.05, 0) is 92.5 Å². The van der Waals surface area contributed by atoms with Crippen LogP contribution in [0.2, 0.25) is 0 Å². The summed E-state index contributed by atoms with van der Waals surface area (Å²) in [4.78, 5) is 4.82. The molecule has 0 amide bonds. The second-order valence-electron chi connectivity index (χ2n) is 16.8. The molecule has 0 spiro atoms. The largest absolute Gasteiger partial charge is 0.309 e. The fraction of sp³-hybridized carbons (Fsp3) is 0.585. The molecule has 802 valence electrons. The fourth-order valence-electron chi connectivity index (χ4n) is 10.7. The van der Waals surface area contributed by atoms with Gasteiger partial charge in [-0.1, -0.05) is 646 Å². The fourth-order valence-corrected chi connectivity index (χ4v) is 10.7.